The maximum Gasteiger partial charge on any atom is 0.130 e. The molecule has 0 saturated carbocycles. The predicted molar refractivity (Wildman–Crippen MR) is 95.9 cm³/mol. The van der Waals surface area contributed by atoms with Gasteiger partial charge in [0.2, 0.25) is 0 Å². The minimum atomic E-state index is 1.05. The number of furan rings is 1. The van der Waals surface area contributed by atoms with E-state index in [0.29, 0.717) is 0 Å². The molecular weight excluding hydrogens is 268 g/mol. The van der Waals surface area contributed by atoms with Gasteiger partial charge < -0.3 is 4.42 Å². The van der Waals surface area contributed by atoms with Gasteiger partial charge in [0.25, 0.3) is 0 Å². The molecule has 0 atom stereocenters. The minimum Gasteiger partial charge on any atom is -0.461 e. The monoisotopic (exact) mass is 296 g/mol. The summed E-state index contributed by atoms with van der Waals surface area (Å²) >= 11 is 0. The Morgan fingerprint density at radius 3 is 2.36 bits per heavy atom. The van der Waals surface area contributed by atoms with Crippen molar-refractivity contribution in [1.29, 1.82) is 0 Å². The topological polar surface area (TPSA) is 13.1 Å². The third-order valence-electron chi connectivity index (χ3n) is 3.95. The first kappa shape index (κ1) is 16.6. The lowest BCUT2D eigenvalue weighted by Gasteiger charge is -1.97. The fourth-order valence-electron chi connectivity index (χ4n) is 2.61. The van der Waals surface area contributed by atoms with E-state index >= 15 is 0 Å². The van der Waals surface area contributed by atoms with Gasteiger partial charge in [0.15, 0.2) is 0 Å². The van der Waals surface area contributed by atoms with Crippen LogP contribution in [0.5, 0.6) is 0 Å². The maximum absolute atomic E-state index is 6.09. The van der Waals surface area contributed by atoms with Gasteiger partial charge in [0.05, 0.1) is 0 Å². The summed E-state index contributed by atoms with van der Waals surface area (Å²) in [6.07, 6.45) is 12.6. The highest BCUT2D eigenvalue weighted by Crippen LogP contribution is 2.22. The molecule has 1 aromatic carbocycles. The van der Waals surface area contributed by atoms with Crippen LogP contribution in [0, 0.1) is 0 Å². The standard InChI is InChI=1S/C21H28O/c1-3-5-8-14-20-17-19(13-6-4-2)21(22-20)16-15-18-11-9-7-10-12-18/h7,9-12,15-17H,3-6,8,13-14H2,1-2H3/b16-15+. The molecule has 0 fully saturated rings. The molecule has 0 unspecified atom stereocenters. The van der Waals surface area contributed by atoms with Gasteiger partial charge in [-0.2, -0.15) is 0 Å². The molecule has 2 rings (SSSR count). The number of rotatable bonds is 9. The van der Waals surface area contributed by atoms with E-state index in [1.54, 1.807) is 0 Å². The molecule has 0 aliphatic heterocycles. The van der Waals surface area contributed by atoms with Gasteiger partial charge in [-0.1, -0.05) is 69.5 Å². The van der Waals surface area contributed by atoms with Crippen molar-refractivity contribution in [2.45, 2.75) is 58.8 Å². The van der Waals surface area contributed by atoms with Crippen molar-refractivity contribution in [1.82, 2.24) is 0 Å². The average molecular weight is 296 g/mol. The van der Waals surface area contributed by atoms with Crippen LogP contribution in [-0.4, -0.2) is 0 Å². The summed E-state index contributed by atoms with van der Waals surface area (Å²) in [4.78, 5) is 0. The van der Waals surface area contributed by atoms with Gasteiger partial charge in [0, 0.05) is 6.42 Å². The van der Waals surface area contributed by atoms with Gasteiger partial charge in [-0.25, -0.2) is 0 Å². The van der Waals surface area contributed by atoms with Crippen LogP contribution < -0.4 is 0 Å². The van der Waals surface area contributed by atoms with Crippen molar-refractivity contribution in [3.63, 3.8) is 0 Å². The zero-order valence-electron chi connectivity index (χ0n) is 14.0. The molecule has 0 bridgehead atoms. The summed E-state index contributed by atoms with van der Waals surface area (Å²) < 4.78 is 6.09. The summed E-state index contributed by atoms with van der Waals surface area (Å²) in [5.41, 5.74) is 2.58. The molecule has 1 aromatic heterocycles. The van der Waals surface area contributed by atoms with Crippen LogP contribution in [0.4, 0.5) is 0 Å². The molecule has 0 spiro atoms. The van der Waals surface area contributed by atoms with Crippen molar-refractivity contribution in [2.75, 3.05) is 0 Å². The van der Waals surface area contributed by atoms with E-state index < -0.39 is 0 Å². The molecule has 118 valence electrons. The first-order chi connectivity index (χ1) is 10.8. The van der Waals surface area contributed by atoms with Crippen LogP contribution in [0.2, 0.25) is 0 Å². The summed E-state index contributed by atoms with van der Waals surface area (Å²) in [7, 11) is 0. The van der Waals surface area contributed by atoms with E-state index in [2.05, 4.69) is 56.3 Å². The molecule has 0 N–H and O–H groups in total. The van der Waals surface area contributed by atoms with Gasteiger partial charge in [-0.05, 0) is 42.5 Å². The SMILES string of the molecule is CCCCCc1cc(CCCC)c(/C=C/c2ccccc2)o1. The molecule has 0 saturated heterocycles. The first-order valence-electron chi connectivity index (χ1n) is 8.68. The molecule has 0 aliphatic rings. The van der Waals surface area contributed by atoms with Crippen LogP contribution in [0.1, 0.15) is 68.6 Å². The summed E-state index contributed by atoms with van der Waals surface area (Å²) in [6.45, 7) is 4.48. The van der Waals surface area contributed by atoms with E-state index in [0.717, 1.165) is 24.4 Å². The molecule has 2 aromatic rings. The van der Waals surface area contributed by atoms with E-state index in [-0.39, 0.29) is 0 Å². The van der Waals surface area contributed by atoms with Crippen molar-refractivity contribution in [3.05, 3.63) is 59.0 Å². The Bertz CT molecular complexity index is 563. The molecular formula is C21H28O. The Kier molecular flexibility index (Phi) is 7.02. The Balaban J connectivity index is 2.10. The molecule has 22 heavy (non-hydrogen) atoms. The summed E-state index contributed by atoms with van der Waals surface area (Å²) in [6, 6.07) is 12.7. The third-order valence-corrected chi connectivity index (χ3v) is 3.95. The molecule has 0 aliphatic carbocycles. The van der Waals surface area contributed by atoms with E-state index in [4.69, 9.17) is 4.42 Å². The Labute approximate surface area is 135 Å². The highest BCUT2D eigenvalue weighted by Gasteiger charge is 2.08. The smallest absolute Gasteiger partial charge is 0.130 e. The fraction of sp³-hybridized carbons (Fsp3) is 0.429. The second-order valence-electron chi connectivity index (χ2n) is 5.91. The van der Waals surface area contributed by atoms with Gasteiger partial charge in [-0.15, -0.1) is 0 Å². The first-order valence-corrected chi connectivity index (χ1v) is 8.68. The molecule has 0 radical (unpaired) electrons. The molecule has 1 heteroatoms. The molecule has 0 amide bonds. The Morgan fingerprint density at radius 2 is 1.64 bits per heavy atom. The average Bonchev–Trinajstić information content (AvgIpc) is 2.94. The highest BCUT2D eigenvalue weighted by atomic mass is 16.3. The molecule has 1 heterocycles. The van der Waals surface area contributed by atoms with Crippen LogP contribution in [0.25, 0.3) is 12.2 Å². The lowest BCUT2D eigenvalue weighted by molar-refractivity contribution is 0.488. The van der Waals surface area contributed by atoms with Gasteiger partial charge in [-0.3, -0.25) is 0 Å². The van der Waals surface area contributed by atoms with Crippen LogP contribution >= 0.6 is 0 Å². The number of hydrogen-bond donors (Lipinski definition) is 0. The number of benzene rings is 1. The summed E-state index contributed by atoms with van der Waals surface area (Å²) in [5.74, 6) is 2.19. The van der Waals surface area contributed by atoms with Crippen LogP contribution in [0.15, 0.2) is 40.8 Å². The maximum atomic E-state index is 6.09. The van der Waals surface area contributed by atoms with E-state index in [1.165, 1.54) is 43.2 Å². The number of unbranched alkanes of at least 4 members (excludes halogenated alkanes) is 3. The largest absolute Gasteiger partial charge is 0.461 e. The second-order valence-corrected chi connectivity index (χ2v) is 5.91. The number of hydrogen-bond acceptors (Lipinski definition) is 1. The number of aryl methyl sites for hydroxylation is 2. The lowest BCUT2D eigenvalue weighted by Crippen LogP contribution is -1.84. The second kappa shape index (κ2) is 9.30. The van der Waals surface area contributed by atoms with Crippen molar-refractivity contribution in [3.8, 4) is 0 Å². The van der Waals surface area contributed by atoms with E-state index in [9.17, 15) is 0 Å². The van der Waals surface area contributed by atoms with Crippen LogP contribution in [-0.2, 0) is 12.8 Å². The molecule has 1 nitrogen and oxygen atoms in total. The quantitative estimate of drug-likeness (QED) is 0.480. The Morgan fingerprint density at radius 1 is 0.864 bits per heavy atom. The fourth-order valence-corrected chi connectivity index (χ4v) is 2.61. The zero-order chi connectivity index (χ0) is 15.6. The van der Waals surface area contributed by atoms with Crippen molar-refractivity contribution < 1.29 is 4.42 Å². The summed E-state index contributed by atoms with van der Waals surface area (Å²) in [5, 5.41) is 0. The van der Waals surface area contributed by atoms with Crippen molar-refractivity contribution in [2.24, 2.45) is 0 Å². The van der Waals surface area contributed by atoms with Gasteiger partial charge in [0.1, 0.15) is 11.5 Å². The van der Waals surface area contributed by atoms with Gasteiger partial charge >= 0.3 is 0 Å². The lowest BCUT2D eigenvalue weighted by atomic mass is 10.1. The normalized spacial score (nSPS) is 11.4. The van der Waals surface area contributed by atoms with E-state index in [1.807, 2.05) is 6.07 Å². The minimum absolute atomic E-state index is 1.05. The zero-order valence-corrected chi connectivity index (χ0v) is 14.0. The van der Waals surface area contributed by atoms with Crippen LogP contribution in [0.3, 0.4) is 0 Å². The predicted octanol–water partition coefficient (Wildman–Crippen LogP) is 6.53. The third kappa shape index (κ3) is 5.22. The Hall–Kier alpha value is -1.76. The highest BCUT2D eigenvalue weighted by molar-refractivity contribution is 5.68. The van der Waals surface area contributed by atoms with Crippen molar-refractivity contribution >= 4 is 12.2 Å².